The van der Waals surface area contributed by atoms with Gasteiger partial charge in [0, 0.05) is 10.3 Å². The zero-order valence-corrected chi connectivity index (χ0v) is 14.8. The van der Waals surface area contributed by atoms with Gasteiger partial charge in [0.2, 0.25) is 0 Å². The maximum absolute atomic E-state index is 12.2. The predicted molar refractivity (Wildman–Crippen MR) is 99.9 cm³/mol. The number of fused-ring (bicyclic) bond motifs is 1. The molecule has 2 aromatic carbocycles. The van der Waals surface area contributed by atoms with Crippen molar-refractivity contribution in [2.45, 2.75) is 4.90 Å². The Bertz CT molecular complexity index is 962. The molecule has 0 aliphatic heterocycles. The van der Waals surface area contributed by atoms with E-state index in [4.69, 9.17) is 11.6 Å². The highest BCUT2D eigenvalue weighted by Crippen LogP contribution is 2.22. The number of thioether (sulfide) groups is 1. The standard InChI is InChI=1S/C18H14ClN3O2S/c1-25-12-7-8-14(19)13(10-12)17(23)21-22-18(24)16-9-6-11-4-2-3-5-15(11)20-16/h2-10H,1H3,(H,21,23)(H,22,24). The SMILES string of the molecule is CSc1ccc(Cl)c(C(=O)NNC(=O)c2ccc3ccccc3n2)c1. The molecule has 2 N–H and O–H groups in total. The predicted octanol–water partition coefficient (Wildman–Crippen LogP) is 3.68. The first-order valence-electron chi connectivity index (χ1n) is 7.38. The van der Waals surface area contributed by atoms with Gasteiger partial charge in [-0.25, -0.2) is 4.98 Å². The van der Waals surface area contributed by atoms with Crippen LogP contribution in [0.3, 0.4) is 0 Å². The van der Waals surface area contributed by atoms with Gasteiger partial charge in [-0.2, -0.15) is 0 Å². The minimum Gasteiger partial charge on any atom is -0.267 e. The fourth-order valence-electron chi connectivity index (χ4n) is 2.24. The van der Waals surface area contributed by atoms with Crippen LogP contribution in [-0.4, -0.2) is 23.1 Å². The Labute approximate surface area is 153 Å². The number of benzene rings is 2. The first-order valence-corrected chi connectivity index (χ1v) is 8.99. The van der Waals surface area contributed by atoms with Crippen LogP contribution in [0.4, 0.5) is 0 Å². The summed E-state index contributed by atoms with van der Waals surface area (Å²) in [5.41, 5.74) is 5.93. The van der Waals surface area contributed by atoms with E-state index >= 15 is 0 Å². The molecule has 0 fully saturated rings. The number of hydrogen-bond acceptors (Lipinski definition) is 4. The Morgan fingerprint density at radius 2 is 1.76 bits per heavy atom. The number of halogens is 1. The van der Waals surface area contributed by atoms with Crippen LogP contribution in [-0.2, 0) is 0 Å². The fourth-order valence-corrected chi connectivity index (χ4v) is 2.89. The molecule has 126 valence electrons. The van der Waals surface area contributed by atoms with E-state index in [1.165, 1.54) is 11.8 Å². The molecule has 5 nitrogen and oxygen atoms in total. The summed E-state index contributed by atoms with van der Waals surface area (Å²) in [6.07, 6.45) is 1.90. The molecular weight excluding hydrogens is 358 g/mol. The number of amides is 2. The van der Waals surface area contributed by atoms with Crippen molar-refractivity contribution in [1.29, 1.82) is 0 Å². The molecule has 2 amide bonds. The molecule has 0 saturated heterocycles. The Morgan fingerprint density at radius 1 is 1.00 bits per heavy atom. The van der Waals surface area contributed by atoms with E-state index < -0.39 is 11.8 Å². The summed E-state index contributed by atoms with van der Waals surface area (Å²) >= 11 is 7.55. The summed E-state index contributed by atoms with van der Waals surface area (Å²) in [6, 6.07) is 16.0. The van der Waals surface area contributed by atoms with E-state index in [9.17, 15) is 9.59 Å². The van der Waals surface area contributed by atoms with Crippen molar-refractivity contribution < 1.29 is 9.59 Å². The highest BCUT2D eigenvalue weighted by molar-refractivity contribution is 7.98. The molecule has 0 radical (unpaired) electrons. The summed E-state index contributed by atoms with van der Waals surface area (Å²) in [7, 11) is 0. The number of nitrogens with one attached hydrogen (secondary N) is 2. The van der Waals surface area contributed by atoms with E-state index in [1.807, 2.05) is 36.6 Å². The number of carbonyl (C=O) groups is 2. The average molecular weight is 372 g/mol. The highest BCUT2D eigenvalue weighted by atomic mass is 35.5. The first-order chi connectivity index (χ1) is 12.1. The average Bonchev–Trinajstić information content (AvgIpc) is 2.65. The lowest BCUT2D eigenvalue weighted by atomic mass is 10.2. The van der Waals surface area contributed by atoms with Crippen molar-refractivity contribution in [3.8, 4) is 0 Å². The van der Waals surface area contributed by atoms with Gasteiger partial charge in [0.15, 0.2) is 0 Å². The molecular formula is C18H14ClN3O2S. The monoisotopic (exact) mass is 371 g/mol. The summed E-state index contributed by atoms with van der Waals surface area (Å²) in [4.78, 5) is 29.6. The van der Waals surface area contributed by atoms with Crippen LogP contribution in [0.25, 0.3) is 10.9 Å². The fraction of sp³-hybridized carbons (Fsp3) is 0.0556. The molecule has 1 heterocycles. The van der Waals surface area contributed by atoms with Gasteiger partial charge in [-0.15, -0.1) is 11.8 Å². The lowest BCUT2D eigenvalue weighted by Crippen LogP contribution is -2.42. The third-order valence-electron chi connectivity index (χ3n) is 3.54. The van der Waals surface area contributed by atoms with E-state index in [0.717, 1.165) is 10.3 Å². The number of carbonyl (C=O) groups excluding carboxylic acids is 2. The molecule has 25 heavy (non-hydrogen) atoms. The van der Waals surface area contributed by atoms with E-state index in [2.05, 4.69) is 15.8 Å². The molecule has 0 bridgehead atoms. The molecule has 1 aromatic heterocycles. The first kappa shape index (κ1) is 17.3. The van der Waals surface area contributed by atoms with Gasteiger partial charge in [-0.05, 0) is 36.6 Å². The second-order valence-corrected chi connectivity index (χ2v) is 6.43. The largest absolute Gasteiger partial charge is 0.288 e. The van der Waals surface area contributed by atoms with Crippen molar-refractivity contribution in [3.63, 3.8) is 0 Å². The minimum atomic E-state index is -0.503. The summed E-state index contributed by atoms with van der Waals surface area (Å²) in [5, 5.41) is 1.25. The van der Waals surface area contributed by atoms with Gasteiger partial charge in [0.05, 0.1) is 16.1 Å². The van der Waals surface area contributed by atoms with Crippen LogP contribution >= 0.6 is 23.4 Å². The summed E-state index contributed by atoms with van der Waals surface area (Å²) < 4.78 is 0. The number of nitrogens with zero attached hydrogens (tertiary/aromatic N) is 1. The van der Waals surface area contributed by atoms with Crippen LogP contribution in [0.15, 0.2) is 59.5 Å². The van der Waals surface area contributed by atoms with Crippen LogP contribution in [0.2, 0.25) is 5.02 Å². The molecule has 0 atom stereocenters. The van der Waals surface area contributed by atoms with Crippen LogP contribution in [0.5, 0.6) is 0 Å². The van der Waals surface area contributed by atoms with Crippen molar-refractivity contribution in [2.75, 3.05) is 6.26 Å². The lowest BCUT2D eigenvalue weighted by Gasteiger charge is -2.09. The number of rotatable bonds is 3. The van der Waals surface area contributed by atoms with Gasteiger partial charge in [-0.1, -0.05) is 35.9 Å². The van der Waals surface area contributed by atoms with Crippen LogP contribution in [0, 0.1) is 0 Å². The van der Waals surface area contributed by atoms with Crippen molar-refractivity contribution >= 4 is 46.1 Å². The number of hydrazine groups is 1. The third kappa shape index (κ3) is 3.92. The van der Waals surface area contributed by atoms with Gasteiger partial charge < -0.3 is 0 Å². The Balaban J connectivity index is 1.71. The normalized spacial score (nSPS) is 10.5. The lowest BCUT2D eigenvalue weighted by molar-refractivity contribution is 0.0844. The van der Waals surface area contributed by atoms with Crippen molar-refractivity contribution in [1.82, 2.24) is 15.8 Å². The molecule has 3 rings (SSSR count). The highest BCUT2D eigenvalue weighted by Gasteiger charge is 2.14. The second kappa shape index (κ2) is 7.55. The second-order valence-electron chi connectivity index (χ2n) is 5.14. The van der Waals surface area contributed by atoms with Gasteiger partial charge in [0.25, 0.3) is 11.8 Å². The topological polar surface area (TPSA) is 71.1 Å². The zero-order chi connectivity index (χ0) is 17.8. The zero-order valence-electron chi connectivity index (χ0n) is 13.2. The van der Waals surface area contributed by atoms with E-state index in [0.29, 0.717) is 16.1 Å². The Morgan fingerprint density at radius 3 is 2.56 bits per heavy atom. The van der Waals surface area contributed by atoms with E-state index in [1.54, 1.807) is 24.3 Å². The van der Waals surface area contributed by atoms with Crippen LogP contribution in [0.1, 0.15) is 20.8 Å². The van der Waals surface area contributed by atoms with Gasteiger partial charge >= 0.3 is 0 Å². The Kier molecular flexibility index (Phi) is 5.21. The summed E-state index contributed by atoms with van der Waals surface area (Å²) in [6.45, 7) is 0. The van der Waals surface area contributed by atoms with Gasteiger partial charge in [-0.3, -0.25) is 20.4 Å². The molecule has 7 heteroatoms. The Hall–Kier alpha value is -2.57. The summed E-state index contributed by atoms with van der Waals surface area (Å²) in [5.74, 6) is -0.994. The van der Waals surface area contributed by atoms with Crippen molar-refractivity contribution in [2.24, 2.45) is 0 Å². The number of para-hydroxylation sites is 1. The smallest absolute Gasteiger partial charge is 0.267 e. The quantitative estimate of drug-likeness (QED) is 0.544. The van der Waals surface area contributed by atoms with Gasteiger partial charge in [0.1, 0.15) is 5.69 Å². The van der Waals surface area contributed by atoms with Crippen LogP contribution < -0.4 is 10.9 Å². The van der Waals surface area contributed by atoms with E-state index in [-0.39, 0.29) is 5.69 Å². The third-order valence-corrected chi connectivity index (χ3v) is 4.59. The maximum Gasteiger partial charge on any atom is 0.288 e. The number of pyridine rings is 1. The molecule has 3 aromatic rings. The number of hydrogen-bond donors (Lipinski definition) is 2. The minimum absolute atomic E-state index is 0.211. The molecule has 0 spiro atoms. The number of aromatic nitrogens is 1. The maximum atomic E-state index is 12.2. The molecule has 0 aliphatic rings. The molecule has 0 saturated carbocycles. The molecule has 0 unspecified atom stereocenters. The molecule has 0 aliphatic carbocycles. The van der Waals surface area contributed by atoms with Crippen molar-refractivity contribution in [3.05, 3.63) is 70.9 Å².